The van der Waals surface area contributed by atoms with Gasteiger partial charge in [0.25, 0.3) is 5.91 Å². The molecule has 2 heterocycles. The Bertz CT molecular complexity index is 566. The molecule has 3 fully saturated rings. The number of amides is 1. The molecule has 4 rings (SSSR count). The summed E-state index contributed by atoms with van der Waals surface area (Å²) in [4.78, 5) is 12.7. The van der Waals surface area contributed by atoms with Crippen LogP contribution in [0.2, 0.25) is 0 Å². The molecule has 0 spiro atoms. The molecule has 22 heavy (non-hydrogen) atoms. The Balaban J connectivity index is 1.46. The van der Waals surface area contributed by atoms with Crippen LogP contribution in [0.4, 0.5) is 0 Å². The second-order valence-corrected chi connectivity index (χ2v) is 7.34. The van der Waals surface area contributed by atoms with E-state index in [4.69, 9.17) is 4.74 Å². The van der Waals surface area contributed by atoms with Gasteiger partial charge in [0.1, 0.15) is 0 Å². The van der Waals surface area contributed by atoms with Crippen molar-refractivity contribution in [3.05, 3.63) is 17.5 Å². The van der Waals surface area contributed by atoms with Crippen molar-refractivity contribution in [3.63, 3.8) is 0 Å². The van der Waals surface area contributed by atoms with Crippen molar-refractivity contribution in [2.45, 2.75) is 44.4 Å². The maximum atomic E-state index is 12.7. The van der Waals surface area contributed by atoms with E-state index in [9.17, 15) is 4.79 Å². The lowest BCUT2D eigenvalue weighted by molar-refractivity contribution is 0.0780. The highest BCUT2D eigenvalue weighted by Crippen LogP contribution is 2.56. The standard InChI is InChI=1S/C17H25N3O2/c1-20-9-14(15(19-20)12-5-8-22-10-12)16(21)18-11-17(6-2-7-17)13-3-4-13/h9,12-13H,2-8,10-11H2,1H3,(H,18,21)/t12-/m0/s1. The van der Waals surface area contributed by atoms with E-state index in [2.05, 4.69) is 10.4 Å². The summed E-state index contributed by atoms with van der Waals surface area (Å²) in [6.45, 7) is 2.29. The molecule has 1 atom stereocenters. The molecule has 0 radical (unpaired) electrons. The molecule has 0 bridgehead atoms. The fourth-order valence-electron chi connectivity index (χ4n) is 4.14. The van der Waals surface area contributed by atoms with E-state index < -0.39 is 0 Å². The van der Waals surface area contributed by atoms with Gasteiger partial charge in [-0.1, -0.05) is 6.42 Å². The summed E-state index contributed by atoms with van der Waals surface area (Å²) >= 11 is 0. The molecule has 120 valence electrons. The van der Waals surface area contributed by atoms with Crippen molar-refractivity contribution in [2.75, 3.05) is 19.8 Å². The Labute approximate surface area is 131 Å². The fraction of sp³-hybridized carbons (Fsp3) is 0.765. The van der Waals surface area contributed by atoms with Gasteiger partial charge in [-0.3, -0.25) is 9.48 Å². The molecule has 1 amide bonds. The third-order valence-electron chi connectivity index (χ3n) is 5.81. The largest absolute Gasteiger partial charge is 0.381 e. The van der Waals surface area contributed by atoms with Crippen LogP contribution < -0.4 is 5.32 Å². The molecule has 1 N–H and O–H groups in total. The van der Waals surface area contributed by atoms with Crippen LogP contribution in [0.15, 0.2) is 6.20 Å². The minimum Gasteiger partial charge on any atom is -0.381 e. The van der Waals surface area contributed by atoms with Gasteiger partial charge >= 0.3 is 0 Å². The summed E-state index contributed by atoms with van der Waals surface area (Å²) in [5.74, 6) is 1.17. The molecule has 5 nitrogen and oxygen atoms in total. The molecule has 1 aromatic rings. The Morgan fingerprint density at radius 2 is 2.27 bits per heavy atom. The van der Waals surface area contributed by atoms with Crippen molar-refractivity contribution in [3.8, 4) is 0 Å². The third kappa shape index (κ3) is 2.45. The number of nitrogens with zero attached hydrogens (tertiary/aromatic N) is 2. The first-order valence-corrected chi connectivity index (χ1v) is 8.57. The van der Waals surface area contributed by atoms with Crippen molar-refractivity contribution in [1.82, 2.24) is 15.1 Å². The van der Waals surface area contributed by atoms with E-state index in [0.29, 0.717) is 12.0 Å². The van der Waals surface area contributed by atoms with E-state index in [1.807, 2.05) is 13.2 Å². The van der Waals surface area contributed by atoms with Gasteiger partial charge < -0.3 is 10.1 Å². The number of carbonyl (C=O) groups is 1. The zero-order valence-electron chi connectivity index (χ0n) is 13.3. The second kappa shape index (κ2) is 5.37. The molecule has 5 heteroatoms. The first-order chi connectivity index (χ1) is 10.7. The maximum Gasteiger partial charge on any atom is 0.254 e. The number of aromatic nitrogens is 2. The normalized spacial score (nSPS) is 26.7. The predicted molar refractivity (Wildman–Crippen MR) is 82.7 cm³/mol. The van der Waals surface area contributed by atoms with Crippen LogP contribution in [-0.2, 0) is 11.8 Å². The molecular weight excluding hydrogens is 278 g/mol. The van der Waals surface area contributed by atoms with Gasteiger partial charge in [-0.25, -0.2) is 0 Å². The predicted octanol–water partition coefficient (Wildman–Crippen LogP) is 2.23. The van der Waals surface area contributed by atoms with Gasteiger partial charge in [0.2, 0.25) is 0 Å². The minimum atomic E-state index is 0.0434. The van der Waals surface area contributed by atoms with Crippen LogP contribution >= 0.6 is 0 Å². The van der Waals surface area contributed by atoms with Crippen LogP contribution in [-0.4, -0.2) is 35.4 Å². The molecular formula is C17H25N3O2. The monoisotopic (exact) mass is 303 g/mol. The lowest BCUT2D eigenvalue weighted by Crippen LogP contribution is -2.43. The summed E-state index contributed by atoms with van der Waals surface area (Å²) in [5, 5.41) is 7.72. The number of hydrogen-bond acceptors (Lipinski definition) is 3. The SMILES string of the molecule is Cn1cc(C(=O)NCC2(C3CC3)CCC2)c([C@H]2CCOC2)n1. The maximum absolute atomic E-state index is 12.7. The van der Waals surface area contributed by atoms with Gasteiger partial charge in [-0.05, 0) is 43.4 Å². The summed E-state index contributed by atoms with van der Waals surface area (Å²) in [6.07, 6.45) is 9.42. The Morgan fingerprint density at radius 3 is 2.86 bits per heavy atom. The van der Waals surface area contributed by atoms with E-state index in [1.54, 1.807) is 4.68 Å². The zero-order valence-corrected chi connectivity index (χ0v) is 13.3. The van der Waals surface area contributed by atoms with Crippen LogP contribution in [0.1, 0.15) is 60.5 Å². The minimum absolute atomic E-state index is 0.0434. The van der Waals surface area contributed by atoms with Crippen molar-refractivity contribution in [2.24, 2.45) is 18.4 Å². The van der Waals surface area contributed by atoms with E-state index in [0.717, 1.165) is 36.7 Å². The van der Waals surface area contributed by atoms with E-state index >= 15 is 0 Å². The lowest BCUT2D eigenvalue weighted by atomic mass is 9.65. The summed E-state index contributed by atoms with van der Waals surface area (Å²) < 4.78 is 7.21. The van der Waals surface area contributed by atoms with Gasteiger partial charge in [0, 0.05) is 32.3 Å². The number of nitrogens with one attached hydrogen (secondary N) is 1. The van der Waals surface area contributed by atoms with Gasteiger partial charge in [-0.15, -0.1) is 0 Å². The number of hydrogen-bond donors (Lipinski definition) is 1. The molecule has 3 aliphatic rings. The molecule has 2 aliphatic carbocycles. The Hall–Kier alpha value is -1.36. The van der Waals surface area contributed by atoms with Crippen LogP contribution in [0, 0.1) is 11.3 Å². The quantitative estimate of drug-likeness (QED) is 0.907. The summed E-state index contributed by atoms with van der Waals surface area (Å²) in [5.41, 5.74) is 2.06. The number of aryl methyl sites for hydroxylation is 1. The second-order valence-electron chi connectivity index (χ2n) is 7.34. The van der Waals surface area contributed by atoms with Gasteiger partial charge in [0.05, 0.1) is 17.9 Å². The highest BCUT2D eigenvalue weighted by Gasteiger charge is 2.49. The molecule has 1 aromatic heterocycles. The van der Waals surface area contributed by atoms with Crippen LogP contribution in [0.5, 0.6) is 0 Å². The van der Waals surface area contributed by atoms with Crippen molar-refractivity contribution < 1.29 is 9.53 Å². The first-order valence-electron chi connectivity index (χ1n) is 8.57. The molecule has 1 aliphatic heterocycles. The van der Waals surface area contributed by atoms with Gasteiger partial charge in [-0.2, -0.15) is 5.10 Å². The van der Waals surface area contributed by atoms with Gasteiger partial charge in [0.15, 0.2) is 0 Å². The van der Waals surface area contributed by atoms with Crippen molar-refractivity contribution >= 4 is 5.91 Å². The topological polar surface area (TPSA) is 56.2 Å². The average Bonchev–Trinajstić information content (AvgIpc) is 3.01. The average molecular weight is 303 g/mol. The van der Waals surface area contributed by atoms with Crippen molar-refractivity contribution in [1.29, 1.82) is 0 Å². The highest BCUT2D eigenvalue weighted by molar-refractivity contribution is 5.95. The number of rotatable bonds is 5. The Morgan fingerprint density at radius 1 is 1.45 bits per heavy atom. The zero-order chi connectivity index (χ0) is 15.2. The van der Waals surface area contributed by atoms with E-state index in [-0.39, 0.29) is 11.8 Å². The molecule has 2 saturated carbocycles. The fourth-order valence-corrected chi connectivity index (χ4v) is 4.14. The Kier molecular flexibility index (Phi) is 3.48. The highest BCUT2D eigenvalue weighted by atomic mass is 16.5. The van der Waals surface area contributed by atoms with Crippen LogP contribution in [0.25, 0.3) is 0 Å². The number of carbonyl (C=O) groups excluding carboxylic acids is 1. The van der Waals surface area contributed by atoms with E-state index in [1.165, 1.54) is 32.1 Å². The van der Waals surface area contributed by atoms with Crippen LogP contribution in [0.3, 0.4) is 0 Å². The lowest BCUT2D eigenvalue weighted by Gasteiger charge is -2.42. The summed E-state index contributed by atoms with van der Waals surface area (Å²) in [7, 11) is 1.88. The summed E-state index contributed by atoms with van der Waals surface area (Å²) in [6, 6.07) is 0. The molecule has 1 saturated heterocycles. The first kappa shape index (κ1) is 14.2. The molecule has 0 aromatic carbocycles. The third-order valence-corrected chi connectivity index (χ3v) is 5.81. The smallest absolute Gasteiger partial charge is 0.254 e. The number of ether oxygens (including phenoxy) is 1. The molecule has 0 unspecified atom stereocenters.